The van der Waals surface area contributed by atoms with E-state index in [9.17, 15) is 0 Å². The van der Waals surface area contributed by atoms with Crippen molar-refractivity contribution in [3.8, 4) is 12.0 Å². The van der Waals surface area contributed by atoms with Crippen molar-refractivity contribution in [3.05, 3.63) is 24.3 Å². The van der Waals surface area contributed by atoms with Crippen LogP contribution in [0.4, 0.5) is 0 Å². The molecule has 0 saturated carbocycles. The average molecular weight is 199 g/mol. The molecule has 1 aromatic heterocycles. The summed E-state index contributed by atoms with van der Waals surface area (Å²) in [6.45, 7) is 6.21. The van der Waals surface area contributed by atoms with E-state index in [1.165, 1.54) is 0 Å². The van der Waals surface area contributed by atoms with E-state index in [1.807, 2.05) is 24.3 Å². The third-order valence-corrected chi connectivity index (χ3v) is 1.89. The van der Waals surface area contributed by atoms with Gasteiger partial charge in [0, 0.05) is 11.5 Å². The molecule has 0 atom stereocenters. The zero-order valence-corrected chi connectivity index (χ0v) is 9.15. The van der Waals surface area contributed by atoms with Gasteiger partial charge in [-0.1, -0.05) is 23.3 Å². The van der Waals surface area contributed by atoms with E-state index >= 15 is 0 Å². The van der Waals surface area contributed by atoms with Gasteiger partial charge in [0.2, 0.25) is 0 Å². The van der Waals surface area contributed by atoms with Gasteiger partial charge in [0.25, 0.3) is 0 Å². The standard InChI is InChI=1S/C12H13N3/c1-12(2,3)8-9-15-11-7-5-4-6-10(11)13-14-15/h4-7H,1-3H3. The summed E-state index contributed by atoms with van der Waals surface area (Å²) in [7, 11) is 0. The van der Waals surface area contributed by atoms with Crippen LogP contribution in [-0.4, -0.2) is 15.0 Å². The molecule has 0 radical (unpaired) electrons. The van der Waals surface area contributed by atoms with Crippen LogP contribution in [0.25, 0.3) is 11.0 Å². The first kappa shape index (κ1) is 9.72. The normalized spacial score (nSPS) is 11.1. The van der Waals surface area contributed by atoms with Crippen molar-refractivity contribution in [1.29, 1.82) is 0 Å². The van der Waals surface area contributed by atoms with Gasteiger partial charge in [-0.2, -0.15) is 4.68 Å². The highest BCUT2D eigenvalue weighted by Crippen LogP contribution is 2.11. The number of hydrogen-bond acceptors (Lipinski definition) is 2. The Kier molecular flexibility index (Phi) is 2.20. The second-order valence-electron chi connectivity index (χ2n) is 4.48. The van der Waals surface area contributed by atoms with Gasteiger partial charge < -0.3 is 0 Å². The van der Waals surface area contributed by atoms with Crippen molar-refractivity contribution >= 4 is 11.0 Å². The van der Waals surface area contributed by atoms with E-state index in [-0.39, 0.29) is 5.41 Å². The van der Waals surface area contributed by atoms with E-state index in [0.717, 1.165) is 11.0 Å². The largest absolute Gasteiger partial charge is 0.169 e. The number of nitrogens with zero attached hydrogens (tertiary/aromatic N) is 3. The molecular weight excluding hydrogens is 186 g/mol. The first-order chi connectivity index (χ1) is 7.06. The molecule has 76 valence electrons. The molecule has 0 N–H and O–H groups in total. The predicted molar refractivity (Wildman–Crippen MR) is 60.2 cm³/mol. The molecule has 0 unspecified atom stereocenters. The van der Waals surface area contributed by atoms with Crippen molar-refractivity contribution in [2.24, 2.45) is 5.41 Å². The number of hydrogen-bond donors (Lipinski definition) is 0. The van der Waals surface area contributed by atoms with Crippen molar-refractivity contribution in [2.75, 3.05) is 0 Å². The summed E-state index contributed by atoms with van der Waals surface area (Å²) in [6, 6.07) is 10.8. The number of para-hydroxylation sites is 1. The maximum Gasteiger partial charge on any atom is 0.114 e. The van der Waals surface area contributed by atoms with Gasteiger partial charge in [-0.3, -0.25) is 0 Å². The second kappa shape index (κ2) is 3.39. The Morgan fingerprint density at radius 2 is 1.93 bits per heavy atom. The smallest absolute Gasteiger partial charge is 0.114 e. The topological polar surface area (TPSA) is 30.7 Å². The van der Waals surface area contributed by atoms with Crippen molar-refractivity contribution < 1.29 is 0 Å². The van der Waals surface area contributed by atoms with Gasteiger partial charge in [0.1, 0.15) is 11.0 Å². The third-order valence-electron chi connectivity index (χ3n) is 1.89. The van der Waals surface area contributed by atoms with E-state index in [1.54, 1.807) is 4.68 Å². The molecule has 1 aromatic carbocycles. The summed E-state index contributed by atoms with van der Waals surface area (Å²) in [5, 5.41) is 8.02. The Balaban J connectivity index is 2.48. The van der Waals surface area contributed by atoms with Gasteiger partial charge in [-0.25, -0.2) is 0 Å². The lowest BCUT2D eigenvalue weighted by Crippen LogP contribution is -2.01. The van der Waals surface area contributed by atoms with Crippen LogP contribution in [0.2, 0.25) is 0 Å². The highest BCUT2D eigenvalue weighted by Gasteiger charge is 2.05. The van der Waals surface area contributed by atoms with Crippen LogP contribution in [0.3, 0.4) is 0 Å². The molecule has 2 rings (SSSR count). The highest BCUT2D eigenvalue weighted by atomic mass is 15.4. The fourth-order valence-corrected chi connectivity index (χ4v) is 1.17. The number of fused-ring (bicyclic) bond motifs is 1. The lowest BCUT2D eigenvalue weighted by Gasteiger charge is -2.06. The third kappa shape index (κ3) is 2.16. The molecule has 0 spiro atoms. The Hall–Kier alpha value is -1.82. The highest BCUT2D eigenvalue weighted by molar-refractivity contribution is 5.74. The van der Waals surface area contributed by atoms with Crippen molar-refractivity contribution in [2.45, 2.75) is 20.8 Å². The summed E-state index contributed by atoms with van der Waals surface area (Å²) >= 11 is 0. The summed E-state index contributed by atoms with van der Waals surface area (Å²) in [6.07, 6.45) is 0. The van der Waals surface area contributed by atoms with Gasteiger partial charge >= 0.3 is 0 Å². The molecule has 0 bridgehead atoms. The van der Waals surface area contributed by atoms with E-state index in [4.69, 9.17) is 0 Å². The van der Waals surface area contributed by atoms with Crippen molar-refractivity contribution in [1.82, 2.24) is 15.0 Å². The summed E-state index contributed by atoms with van der Waals surface area (Å²) in [5.74, 6) is 3.13. The SMILES string of the molecule is CC(C)(C)C#Cn1nnc2ccccc21. The van der Waals surface area contributed by atoms with Gasteiger partial charge in [-0.15, -0.1) is 5.10 Å². The molecular formula is C12H13N3. The minimum atomic E-state index is -0.0208. The quantitative estimate of drug-likeness (QED) is 0.609. The Morgan fingerprint density at radius 3 is 2.67 bits per heavy atom. The molecule has 1 heterocycles. The Morgan fingerprint density at radius 1 is 1.20 bits per heavy atom. The van der Waals surface area contributed by atoms with Gasteiger partial charge in [-0.05, 0) is 32.9 Å². The molecule has 0 aliphatic heterocycles. The molecule has 0 fully saturated rings. The first-order valence-corrected chi connectivity index (χ1v) is 4.90. The fourth-order valence-electron chi connectivity index (χ4n) is 1.17. The second-order valence-corrected chi connectivity index (χ2v) is 4.48. The average Bonchev–Trinajstić information content (AvgIpc) is 2.57. The van der Waals surface area contributed by atoms with E-state index < -0.39 is 0 Å². The lowest BCUT2D eigenvalue weighted by molar-refractivity contribution is 0.569. The van der Waals surface area contributed by atoms with E-state index in [0.29, 0.717) is 0 Å². The van der Waals surface area contributed by atoms with Crippen LogP contribution in [0.15, 0.2) is 24.3 Å². The van der Waals surface area contributed by atoms with Crippen LogP contribution >= 0.6 is 0 Å². The lowest BCUT2D eigenvalue weighted by atomic mass is 9.99. The van der Waals surface area contributed by atoms with Gasteiger partial charge in [0.15, 0.2) is 0 Å². The minimum absolute atomic E-state index is 0.0208. The molecule has 3 heteroatoms. The maximum atomic E-state index is 4.03. The fraction of sp³-hybridized carbons (Fsp3) is 0.333. The van der Waals surface area contributed by atoms with Gasteiger partial charge in [0.05, 0.1) is 0 Å². The monoisotopic (exact) mass is 199 g/mol. The zero-order chi connectivity index (χ0) is 10.9. The predicted octanol–water partition coefficient (Wildman–Crippen LogP) is 2.29. The molecule has 15 heavy (non-hydrogen) atoms. The molecule has 0 amide bonds. The number of aromatic nitrogens is 3. The Bertz CT molecular complexity index is 535. The zero-order valence-electron chi connectivity index (χ0n) is 9.15. The summed E-state index contributed by atoms with van der Waals surface area (Å²) < 4.78 is 1.63. The van der Waals surface area contributed by atoms with Crippen molar-refractivity contribution in [3.63, 3.8) is 0 Å². The molecule has 0 aliphatic rings. The number of benzene rings is 1. The minimum Gasteiger partial charge on any atom is -0.169 e. The van der Waals surface area contributed by atoms with Crippen LogP contribution in [-0.2, 0) is 0 Å². The summed E-state index contributed by atoms with van der Waals surface area (Å²) in [5.41, 5.74) is 1.81. The van der Waals surface area contributed by atoms with E-state index in [2.05, 4.69) is 43.0 Å². The molecule has 3 nitrogen and oxygen atoms in total. The summed E-state index contributed by atoms with van der Waals surface area (Å²) in [4.78, 5) is 0. The van der Waals surface area contributed by atoms with Crippen LogP contribution in [0.1, 0.15) is 20.8 Å². The maximum absolute atomic E-state index is 4.03. The first-order valence-electron chi connectivity index (χ1n) is 4.90. The molecule has 0 saturated heterocycles. The number of rotatable bonds is 0. The van der Waals surface area contributed by atoms with Crippen LogP contribution < -0.4 is 0 Å². The molecule has 2 aromatic rings. The van der Waals surface area contributed by atoms with Crippen LogP contribution in [0.5, 0.6) is 0 Å². The van der Waals surface area contributed by atoms with Crippen LogP contribution in [0, 0.1) is 17.4 Å². The Labute approximate surface area is 89.1 Å². The molecule has 0 aliphatic carbocycles.